The molecule has 8 heteroatoms. The second-order valence-electron chi connectivity index (χ2n) is 5.90. The van der Waals surface area contributed by atoms with Crippen molar-refractivity contribution < 1.29 is 18.4 Å². The number of para-hydroxylation sites is 1. The van der Waals surface area contributed by atoms with Gasteiger partial charge >= 0.3 is 0 Å². The summed E-state index contributed by atoms with van der Waals surface area (Å²) in [5.74, 6) is -2.22. The molecule has 1 aromatic heterocycles. The molecule has 0 aliphatic rings. The van der Waals surface area contributed by atoms with Crippen LogP contribution in [0.15, 0.2) is 60.9 Å². The topological polar surface area (TPSA) is 83.1 Å². The van der Waals surface area contributed by atoms with Gasteiger partial charge in [-0.05, 0) is 36.4 Å². The number of benzene rings is 2. The van der Waals surface area contributed by atoms with Crippen molar-refractivity contribution in [2.45, 2.75) is 6.92 Å². The minimum absolute atomic E-state index is 0.187. The predicted molar refractivity (Wildman–Crippen MR) is 103 cm³/mol. The fraction of sp³-hybridized carbons (Fsp3) is 0.0500. The molecule has 0 aliphatic heterocycles. The van der Waals surface area contributed by atoms with Gasteiger partial charge in [0.25, 0.3) is 5.91 Å². The second kappa shape index (κ2) is 8.26. The van der Waals surface area contributed by atoms with Crippen LogP contribution >= 0.6 is 0 Å². The van der Waals surface area contributed by atoms with E-state index >= 15 is 0 Å². The van der Waals surface area contributed by atoms with Crippen molar-refractivity contribution in [2.75, 3.05) is 16.0 Å². The number of carbonyl (C=O) groups excluding carboxylic acids is 2. The largest absolute Gasteiger partial charge is 0.349 e. The highest BCUT2D eigenvalue weighted by Crippen LogP contribution is 2.23. The van der Waals surface area contributed by atoms with E-state index in [1.807, 2.05) is 0 Å². The highest BCUT2D eigenvalue weighted by Gasteiger charge is 2.12. The number of pyridine rings is 1. The molecule has 0 bridgehead atoms. The Morgan fingerprint density at radius 3 is 2.18 bits per heavy atom. The third-order valence-electron chi connectivity index (χ3n) is 3.67. The average molecular weight is 382 g/mol. The Balaban J connectivity index is 1.76. The molecule has 3 rings (SSSR count). The summed E-state index contributed by atoms with van der Waals surface area (Å²) in [6.07, 6.45) is 2.68. The van der Waals surface area contributed by atoms with Gasteiger partial charge in [0.15, 0.2) is 0 Å². The molecular weight excluding hydrogens is 366 g/mol. The van der Waals surface area contributed by atoms with Gasteiger partial charge in [-0.25, -0.2) is 8.78 Å². The van der Waals surface area contributed by atoms with E-state index in [9.17, 15) is 18.4 Å². The standard InChI is InChI=1S/C20H16F2N4O2/c1-12(27)24-14-4-2-5-15(9-14)26-20(28)13-8-16(11-23-10-13)25-19-17(21)6-3-7-18(19)22/h2-11,25H,1H3,(H,24,27)(H,26,28). The number of carbonyl (C=O) groups is 2. The molecule has 3 N–H and O–H groups in total. The zero-order valence-corrected chi connectivity index (χ0v) is 14.8. The normalized spacial score (nSPS) is 10.2. The van der Waals surface area contributed by atoms with Crippen molar-refractivity contribution >= 4 is 34.6 Å². The number of nitrogens with one attached hydrogen (secondary N) is 3. The Bertz CT molecular complexity index is 1020. The van der Waals surface area contributed by atoms with Gasteiger partial charge in [-0.1, -0.05) is 12.1 Å². The van der Waals surface area contributed by atoms with Gasteiger partial charge in [-0.2, -0.15) is 0 Å². The minimum atomic E-state index is -0.760. The van der Waals surface area contributed by atoms with Crippen molar-refractivity contribution in [3.05, 3.63) is 78.1 Å². The molecule has 0 aliphatic carbocycles. The van der Waals surface area contributed by atoms with Crippen molar-refractivity contribution in [1.82, 2.24) is 4.98 Å². The molecule has 0 fully saturated rings. The zero-order valence-electron chi connectivity index (χ0n) is 14.8. The maximum absolute atomic E-state index is 13.8. The Morgan fingerprint density at radius 1 is 0.857 bits per heavy atom. The molecule has 2 amide bonds. The molecule has 0 spiro atoms. The summed E-state index contributed by atoms with van der Waals surface area (Å²) < 4.78 is 27.6. The molecule has 1 heterocycles. The maximum atomic E-state index is 13.8. The van der Waals surface area contributed by atoms with Gasteiger partial charge in [-0.3, -0.25) is 14.6 Å². The van der Waals surface area contributed by atoms with Crippen molar-refractivity contribution in [3.8, 4) is 0 Å². The summed E-state index contributed by atoms with van der Waals surface area (Å²) in [6, 6.07) is 11.6. The Morgan fingerprint density at radius 2 is 1.50 bits per heavy atom. The van der Waals surface area contributed by atoms with E-state index in [0.29, 0.717) is 11.4 Å². The number of halogens is 2. The van der Waals surface area contributed by atoms with Crippen LogP contribution in [0.3, 0.4) is 0 Å². The van der Waals surface area contributed by atoms with Crippen LogP contribution in [0.4, 0.5) is 31.5 Å². The first kappa shape index (κ1) is 19.0. The van der Waals surface area contributed by atoms with E-state index in [-0.39, 0.29) is 22.8 Å². The van der Waals surface area contributed by atoms with Crippen LogP contribution in [0, 0.1) is 11.6 Å². The summed E-state index contributed by atoms with van der Waals surface area (Å²) in [7, 11) is 0. The summed E-state index contributed by atoms with van der Waals surface area (Å²) in [4.78, 5) is 27.5. The smallest absolute Gasteiger partial charge is 0.257 e. The fourth-order valence-corrected chi connectivity index (χ4v) is 2.48. The number of nitrogens with zero attached hydrogens (tertiary/aromatic N) is 1. The quantitative estimate of drug-likeness (QED) is 0.614. The molecule has 0 unspecified atom stereocenters. The molecule has 0 atom stereocenters. The number of hydrogen-bond acceptors (Lipinski definition) is 4. The predicted octanol–water partition coefficient (Wildman–Crippen LogP) is 4.31. The Hall–Kier alpha value is -3.81. The van der Waals surface area contributed by atoms with Crippen molar-refractivity contribution in [1.29, 1.82) is 0 Å². The number of aromatic nitrogens is 1. The van der Waals surface area contributed by atoms with Crippen molar-refractivity contribution in [2.24, 2.45) is 0 Å². The highest BCUT2D eigenvalue weighted by atomic mass is 19.1. The van der Waals surface area contributed by atoms with Crippen LogP contribution in [0.25, 0.3) is 0 Å². The van der Waals surface area contributed by atoms with Crippen LogP contribution in [-0.2, 0) is 4.79 Å². The van der Waals surface area contributed by atoms with Gasteiger partial charge in [0, 0.05) is 24.5 Å². The van der Waals surface area contributed by atoms with E-state index in [2.05, 4.69) is 20.9 Å². The maximum Gasteiger partial charge on any atom is 0.257 e. The highest BCUT2D eigenvalue weighted by molar-refractivity contribution is 6.05. The van der Waals surface area contributed by atoms with Crippen LogP contribution in [0.5, 0.6) is 0 Å². The lowest BCUT2D eigenvalue weighted by molar-refractivity contribution is -0.114. The number of hydrogen-bond donors (Lipinski definition) is 3. The van der Waals surface area contributed by atoms with E-state index in [0.717, 1.165) is 12.1 Å². The zero-order chi connectivity index (χ0) is 20.1. The van der Waals surface area contributed by atoms with Gasteiger partial charge in [0.2, 0.25) is 5.91 Å². The van der Waals surface area contributed by atoms with E-state index in [1.54, 1.807) is 24.3 Å². The Labute approximate surface area is 159 Å². The lowest BCUT2D eigenvalue weighted by Gasteiger charge is -2.10. The van der Waals surface area contributed by atoms with Crippen LogP contribution in [0.1, 0.15) is 17.3 Å². The third-order valence-corrected chi connectivity index (χ3v) is 3.67. The lowest BCUT2D eigenvalue weighted by atomic mass is 10.2. The third kappa shape index (κ3) is 4.67. The van der Waals surface area contributed by atoms with Crippen LogP contribution < -0.4 is 16.0 Å². The first-order valence-corrected chi connectivity index (χ1v) is 8.27. The molecule has 3 aromatic rings. The first-order chi connectivity index (χ1) is 13.4. The summed E-state index contributed by atoms with van der Waals surface area (Å²) in [5.41, 5.74) is 1.11. The molecule has 0 saturated carbocycles. The van der Waals surface area contributed by atoms with E-state index < -0.39 is 17.5 Å². The first-order valence-electron chi connectivity index (χ1n) is 8.27. The van der Waals surface area contributed by atoms with Crippen LogP contribution in [0.2, 0.25) is 0 Å². The molecule has 2 aromatic carbocycles. The summed E-state index contributed by atoms with van der Waals surface area (Å²) in [6.45, 7) is 1.38. The molecule has 0 radical (unpaired) electrons. The van der Waals surface area contributed by atoms with Gasteiger partial charge in [0.05, 0.1) is 17.4 Å². The Kier molecular flexibility index (Phi) is 5.59. The lowest BCUT2D eigenvalue weighted by Crippen LogP contribution is -2.13. The molecular formula is C20H16F2N4O2. The van der Waals surface area contributed by atoms with Gasteiger partial charge in [-0.15, -0.1) is 0 Å². The van der Waals surface area contributed by atoms with Crippen LogP contribution in [-0.4, -0.2) is 16.8 Å². The average Bonchev–Trinajstić information content (AvgIpc) is 2.65. The number of amides is 2. The number of rotatable bonds is 5. The second-order valence-corrected chi connectivity index (χ2v) is 5.90. The molecule has 28 heavy (non-hydrogen) atoms. The van der Waals surface area contributed by atoms with Gasteiger partial charge < -0.3 is 16.0 Å². The van der Waals surface area contributed by atoms with Gasteiger partial charge in [0.1, 0.15) is 17.3 Å². The van der Waals surface area contributed by atoms with Crippen molar-refractivity contribution in [3.63, 3.8) is 0 Å². The van der Waals surface area contributed by atoms with E-state index in [4.69, 9.17) is 0 Å². The fourth-order valence-electron chi connectivity index (χ4n) is 2.48. The minimum Gasteiger partial charge on any atom is -0.349 e. The summed E-state index contributed by atoms with van der Waals surface area (Å²) >= 11 is 0. The monoisotopic (exact) mass is 382 g/mol. The molecule has 6 nitrogen and oxygen atoms in total. The molecule has 0 saturated heterocycles. The van der Waals surface area contributed by atoms with E-state index in [1.165, 1.54) is 31.5 Å². The SMILES string of the molecule is CC(=O)Nc1cccc(NC(=O)c2cncc(Nc3c(F)cccc3F)c2)c1. The molecule has 142 valence electrons. The number of anilines is 4. The summed E-state index contributed by atoms with van der Waals surface area (Å²) in [5, 5.41) is 7.89.